The summed E-state index contributed by atoms with van der Waals surface area (Å²) in [6.45, 7) is 0. The molecule has 6 heteroatoms. The van der Waals surface area contributed by atoms with Gasteiger partial charge < -0.3 is 14.3 Å². The molecule has 268 valence electrons. The van der Waals surface area contributed by atoms with Gasteiger partial charge in [-0.15, -0.1) is 11.3 Å². The number of thiophene rings is 1. The number of fused-ring (bicyclic) bond motifs is 9. The zero-order chi connectivity index (χ0) is 37.5. The highest BCUT2D eigenvalue weighted by Gasteiger charge is 2.26. The number of nitrogens with zero attached hydrogens (tertiary/aromatic N) is 3. The standard InChI is InChI=1S/C51H32N4OS/c1-3-15-31(16-4-1)49-52-50(32-17-5-2-6-18-32)54-51(53-49)38-24-13-29-43-47(38)46-35(21-12-28-42(46)56-43)36-22-11-23-37-45-41(27-14-30-44(45)57-48(36)37)55-39-25-9-7-19-33(39)34-20-8-10-26-40(34)55/h1-30,49H,(H,52,53,54). The molecule has 1 aliphatic heterocycles. The molecule has 8 aromatic carbocycles. The van der Waals surface area contributed by atoms with Crippen molar-refractivity contribution in [3.05, 3.63) is 199 Å². The van der Waals surface area contributed by atoms with E-state index in [1.165, 1.54) is 53.2 Å². The van der Waals surface area contributed by atoms with Crippen LogP contribution in [-0.4, -0.2) is 16.2 Å². The van der Waals surface area contributed by atoms with Gasteiger partial charge in [0.05, 0.1) is 16.7 Å². The number of amidine groups is 2. The predicted octanol–water partition coefficient (Wildman–Crippen LogP) is 13.2. The SMILES string of the molecule is c1ccc(C2=NC(c3ccccc3)NC(c3cccc4oc5cccc(-c6cccc7c6sc6cccc(-n8c9ccccc9c9ccccc98)c67)c5c34)=N2)cc1. The molecular weight excluding hydrogens is 717 g/mol. The fourth-order valence-electron chi connectivity index (χ4n) is 8.81. The summed E-state index contributed by atoms with van der Waals surface area (Å²) in [6, 6.07) is 64.2. The van der Waals surface area contributed by atoms with E-state index in [2.05, 4.69) is 168 Å². The van der Waals surface area contributed by atoms with Crippen LogP contribution in [0.2, 0.25) is 0 Å². The second-order valence-electron chi connectivity index (χ2n) is 14.5. The summed E-state index contributed by atoms with van der Waals surface area (Å²) in [5.74, 6) is 1.45. The fourth-order valence-corrected chi connectivity index (χ4v) is 10.1. The Morgan fingerprint density at radius 2 is 1.11 bits per heavy atom. The first-order chi connectivity index (χ1) is 28.3. The van der Waals surface area contributed by atoms with Crippen LogP contribution in [0.15, 0.2) is 196 Å². The minimum atomic E-state index is -0.308. The van der Waals surface area contributed by atoms with Crippen molar-refractivity contribution in [3.8, 4) is 16.8 Å². The van der Waals surface area contributed by atoms with E-state index in [0.717, 1.165) is 50.0 Å². The topological polar surface area (TPSA) is 54.8 Å². The van der Waals surface area contributed by atoms with E-state index in [0.29, 0.717) is 5.84 Å². The maximum Gasteiger partial charge on any atom is 0.159 e. The lowest BCUT2D eigenvalue weighted by Gasteiger charge is -2.24. The van der Waals surface area contributed by atoms with Crippen molar-refractivity contribution in [2.24, 2.45) is 9.98 Å². The Bertz CT molecular complexity index is 3390. The van der Waals surface area contributed by atoms with E-state index in [4.69, 9.17) is 14.4 Å². The molecule has 4 heterocycles. The number of nitrogens with one attached hydrogen (secondary N) is 1. The summed E-state index contributed by atoms with van der Waals surface area (Å²) in [4.78, 5) is 10.3. The van der Waals surface area contributed by atoms with Gasteiger partial charge in [0.15, 0.2) is 5.84 Å². The summed E-state index contributed by atoms with van der Waals surface area (Å²) in [5.41, 5.74) is 10.6. The van der Waals surface area contributed by atoms with Gasteiger partial charge in [0.1, 0.15) is 23.2 Å². The minimum Gasteiger partial charge on any atom is -0.456 e. The third kappa shape index (κ3) is 4.94. The van der Waals surface area contributed by atoms with Gasteiger partial charge in [0.25, 0.3) is 0 Å². The average Bonchev–Trinajstić information content (AvgIpc) is 3.97. The van der Waals surface area contributed by atoms with E-state index >= 15 is 0 Å². The van der Waals surface area contributed by atoms with Crippen LogP contribution in [0.3, 0.4) is 0 Å². The molecular formula is C51H32N4OS. The second kappa shape index (κ2) is 12.6. The fraction of sp³-hybridized carbons (Fsp3) is 0.0196. The van der Waals surface area contributed by atoms with Crippen LogP contribution in [-0.2, 0) is 0 Å². The molecule has 0 saturated carbocycles. The van der Waals surface area contributed by atoms with Crippen LogP contribution in [0, 0.1) is 0 Å². The molecule has 1 aliphatic rings. The number of aromatic nitrogens is 1. The van der Waals surface area contributed by atoms with E-state index < -0.39 is 0 Å². The van der Waals surface area contributed by atoms with Crippen LogP contribution in [0.4, 0.5) is 0 Å². The molecule has 1 atom stereocenters. The van der Waals surface area contributed by atoms with Gasteiger partial charge in [-0.05, 0) is 47.5 Å². The highest BCUT2D eigenvalue weighted by Crippen LogP contribution is 2.47. The van der Waals surface area contributed by atoms with Crippen molar-refractivity contribution >= 4 is 86.9 Å². The molecule has 0 radical (unpaired) electrons. The van der Waals surface area contributed by atoms with Crippen LogP contribution < -0.4 is 5.32 Å². The Kier molecular flexibility index (Phi) is 7.09. The van der Waals surface area contributed by atoms with E-state index in [-0.39, 0.29) is 6.17 Å². The Morgan fingerprint density at radius 3 is 1.86 bits per heavy atom. The molecule has 3 aromatic heterocycles. The van der Waals surface area contributed by atoms with Gasteiger partial charge >= 0.3 is 0 Å². The number of hydrogen-bond donors (Lipinski definition) is 1. The molecule has 0 spiro atoms. The van der Waals surface area contributed by atoms with Gasteiger partial charge in [-0.2, -0.15) is 0 Å². The highest BCUT2D eigenvalue weighted by molar-refractivity contribution is 7.26. The van der Waals surface area contributed by atoms with Crippen molar-refractivity contribution in [1.29, 1.82) is 0 Å². The number of aliphatic imine (C=N–C) groups is 2. The summed E-state index contributed by atoms with van der Waals surface area (Å²) in [5, 5.41) is 10.8. The second-order valence-corrected chi connectivity index (χ2v) is 15.6. The minimum absolute atomic E-state index is 0.308. The Morgan fingerprint density at radius 1 is 0.509 bits per heavy atom. The van der Waals surface area contributed by atoms with E-state index in [9.17, 15) is 0 Å². The third-order valence-corrected chi connectivity index (χ3v) is 12.5. The largest absolute Gasteiger partial charge is 0.456 e. The first-order valence-corrected chi connectivity index (χ1v) is 20.0. The maximum absolute atomic E-state index is 6.68. The average molecular weight is 749 g/mol. The predicted molar refractivity (Wildman–Crippen MR) is 238 cm³/mol. The maximum atomic E-state index is 6.68. The summed E-state index contributed by atoms with van der Waals surface area (Å²) < 4.78 is 11.6. The molecule has 0 aliphatic carbocycles. The Hall–Kier alpha value is -7.28. The first kappa shape index (κ1) is 32.0. The van der Waals surface area contributed by atoms with Gasteiger partial charge in [-0.25, -0.2) is 9.98 Å². The molecule has 57 heavy (non-hydrogen) atoms. The van der Waals surface area contributed by atoms with Crippen LogP contribution in [0.1, 0.15) is 22.9 Å². The molecule has 0 fully saturated rings. The van der Waals surface area contributed by atoms with Gasteiger partial charge in [-0.3, -0.25) is 0 Å². The van der Waals surface area contributed by atoms with Crippen molar-refractivity contribution in [2.45, 2.75) is 6.17 Å². The van der Waals surface area contributed by atoms with Crippen LogP contribution in [0.25, 0.3) is 80.7 Å². The quantitative estimate of drug-likeness (QED) is 0.191. The lowest BCUT2D eigenvalue weighted by molar-refractivity contribution is 0.668. The molecule has 5 nitrogen and oxygen atoms in total. The van der Waals surface area contributed by atoms with Crippen molar-refractivity contribution in [1.82, 2.24) is 9.88 Å². The summed E-state index contributed by atoms with van der Waals surface area (Å²) in [7, 11) is 0. The van der Waals surface area contributed by atoms with Gasteiger partial charge in [0, 0.05) is 58.4 Å². The molecule has 0 saturated heterocycles. The molecule has 0 amide bonds. The Balaban J connectivity index is 1.08. The van der Waals surface area contributed by atoms with Crippen molar-refractivity contribution < 1.29 is 4.42 Å². The zero-order valence-electron chi connectivity index (χ0n) is 30.6. The lowest BCUT2D eigenvalue weighted by Crippen LogP contribution is -2.33. The Labute approximate surface area is 331 Å². The monoisotopic (exact) mass is 748 g/mol. The molecule has 1 N–H and O–H groups in total. The number of furan rings is 1. The molecule has 1 unspecified atom stereocenters. The smallest absolute Gasteiger partial charge is 0.159 e. The molecule has 12 rings (SSSR count). The number of para-hydroxylation sites is 2. The summed E-state index contributed by atoms with van der Waals surface area (Å²) >= 11 is 1.85. The van der Waals surface area contributed by atoms with Crippen LogP contribution in [0.5, 0.6) is 0 Å². The van der Waals surface area contributed by atoms with Gasteiger partial charge in [0.2, 0.25) is 0 Å². The normalized spacial score (nSPS) is 14.5. The van der Waals surface area contributed by atoms with Crippen molar-refractivity contribution in [3.63, 3.8) is 0 Å². The third-order valence-electron chi connectivity index (χ3n) is 11.3. The first-order valence-electron chi connectivity index (χ1n) is 19.2. The number of benzene rings is 8. The number of rotatable bonds is 5. The number of hydrogen-bond acceptors (Lipinski definition) is 5. The highest BCUT2D eigenvalue weighted by atomic mass is 32.1. The zero-order valence-corrected chi connectivity index (χ0v) is 31.4. The van der Waals surface area contributed by atoms with E-state index in [1.54, 1.807) is 0 Å². The van der Waals surface area contributed by atoms with Gasteiger partial charge in [-0.1, -0.05) is 146 Å². The lowest BCUT2D eigenvalue weighted by atomic mass is 9.95. The van der Waals surface area contributed by atoms with Crippen LogP contribution >= 0.6 is 11.3 Å². The van der Waals surface area contributed by atoms with Crippen molar-refractivity contribution in [2.75, 3.05) is 0 Å². The van der Waals surface area contributed by atoms with E-state index in [1.807, 2.05) is 35.6 Å². The molecule has 11 aromatic rings. The summed E-state index contributed by atoms with van der Waals surface area (Å²) in [6.07, 6.45) is -0.308. The molecule has 0 bridgehead atoms.